The molecule has 1 atom stereocenters. The molecule has 0 spiro atoms. The van der Waals surface area contributed by atoms with E-state index in [9.17, 15) is 4.79 Å². The Kier molecular flexibility index (Phi) is 5.48. The molecular weight excluding hydrogens is 204 g/mol. The van der Waals surface area contributed by atoms with Gasteiger partial charge < -0.3 is 0 Å². The van der Waals surface area contributed by atoms with Crippen molar-refractivity contribution in [3.8, 4) is 0 Å². The summed E-state index contributed by atoms with van der Waals surface area (Å²) in [6.07, 6.45) is 4.33. The molecule has 1 nitrogen and oxygen atoms in total. The molecule has 1 rings (SSSR count). The molecule has 2 heteroatoms. The zero-order chi connectivity index (χ0) is 11.1. The molecular formula is C13H18OS. The number of benzene rings is 1. The molecule has 82 valence electrons. The number of rotatable bonds is 6. The molecule has 1 aromatic rings. The van der Waals surface area contributed by atoms with Crippen molar-refractivity contribution in [3.63, 3.8) is 0 Å². The van der Waals surface area contributed by atoms with E-state index in [0.29, 0.717) is 0 Å². The van der Waals surface area contributed by atoms with Crippen LogP contribution in [0.5, 0.6) is 0 Å². The Hall–Kier alpha value is -0.760. The molecule has 0 N–H and O–H groups in total. The van der Waals surface area contributed by atoms with Gasteiger partial charge in [-0.3, -0.25) is 4.79 Å². The highest BCUT2D eigenvalue weighted by atomic mass is 32.1. The van der Waals surface area contributed by atoms with E-state index in [4.69, 9.17) is 0 Å². The number of carbonyl (C=O) groups is 1. The monoisotopic (exact) mass is 222 g/mol. The van der Waals surface area contributed by atoms with Crippen molar-refractivity contribution in [1.82, 2.24) is 0 Å². The molecule has 0 heterocycles. The van der Waals surface area contributed by atoms with Gasteiger partial charge in [0.05, 0.1) is 5.25 Å². The summed E-state index contributed by atoms with van der Waals surface area (Å²) in [6, 6.07) is 9.40. The van der Waals surface area contributed by atoms with Gasteiger partial charge in [-0.25, -0.2) is 0 Å². The van der Waals surface area contributed by atoms with Gasteiger partial charge in [-0.1, -0.05) is 56.5 Å². The molecule has 0 aliphatic rings. The van der Waals surface area contributed by atoms with Gasteiger partial charge in [0.15, 0.2) is 5.78 Å². The van der Waals surface area contributed by atoms with Crippen LogP contribution in [0.2, 0.25) is 0 Å². The quantitative estimate of drug-likeness (QED) is 0.441. The van der Waals surface area contributed by atoms with Crippen molar-refractivity contribution < 1.29 is 4.79 Å². The Balaban J connectivity index is 2.46. The van der Waals surface area contributed by atoms with Crippen LogP contribution in [0, 0.1) is 0 Å². The fraction of sp³-hybridized carbons (Fsp3) is 0.462. The first-order valence-corrected chi connectivity index (χ1v) is 6.04. The van der Waals surface area contributed by atoms with Gasteiger partial charge in [-0.15, -0.1) is 0 Å². The zero-order valence-electron chi connectivity index (χ0n) is 9.15. The average Bonchev–Trinajstić information content (AvgIpc) is 2.29. The SMILES string of the molecule is CCCCCC(S)C(=O)c1ccccc1. The second-order valence-corrected chi connectivity index (χ2v) is 4.37. The molecule has 0 aliphatic heterocycles. The average molecular weight is 222 g/mol. The maximum Gasteiger partial charge on any atom is 0.175 e. The Bertz CT molecular complexity index is 295. The predicted octanol–water partition coefficient (Wildman–Crippen LogP) is 3.75. The van der Waals surface area contributed by atoms with Crippen molar-refractivity contribution in [2.24, 2.45) is 0 Å². The highest BCUT2D eigenvalue weighted by Gasteiger charge is 2.14. The summed E-state index contributed by atoms with van der Waals surface area (Å²) in [4.78, 5) is 11.9. The molecule has 0 saturated heterocycles. The first kappa shape index (κ1) is 12.3. The molecule has 0 amide bonds. The van der Waals surface area contributed by atoms with Crippen molar-refractivity contribution in [3.05, 3.63) is 35.9 Å². The lowest BCUT2D eigenvalue weighted by molar-refractivity contribution is 0.0986. The number of ketones is 1. The Labute approximate surface area is 97.3 Å². The highest BCUT2D eigenvalue weighted by molar-refractivity contribution is 7.81. The van der Waals surface area contributed by atoms with E-state index >= 15 is 0 Å². The van der Waals surface area contributed by atoms with Crippen LogP contribution in [0.15, 0.2) is 30.3 Å². The molecule has 0 aliphatic carbocycles. The van der Waals surface area contributed by atoms with Gasteiger partial charge in [-0.05, 0) is 6.42 Å². The van der Waals surface area contributed by atoms with Crippen LogP contribution >= 0.6 is 12.6 Å². The second kappa shape index (κ2) is 6.67. The number of carbonyl (C=O) groups excluding carboxylic acids is 1. The molecule has 0 bridgehead atoms. The van der Waals surface area contributed by atoms with Crippen LogP contribution in [-0.2, 0) is 0 Å². The summed E-state index contributed by atoms with van der Waals surface area (Å²) in [5.41, 5.74) is 0.772. The smallest absolute Gasteiger partial charge is 0.175 e. The van der Waals surface area contributed by atoms with Gasteiger partial charge in [0.1, 0.15) is 0 Å². The lowest BCUT2D eigenvalue weighted by Gasteiger charge is -2.08. The third kappa shape index (κ3) is 4.08. The van der Waals surface area contributed by atoms with Gasteiger partial charge >= 0.3 is 0 Å². The van der Waals surface area contributed by atoms with Gasteiger partial charge in [-0.2, -0.15) is 12.6 Å². The standard InChI is InChI=1S/C13H18OS/c1-2-3-5-10-12(15)13(14)11-8-6-4-7-9-11/h4,6-9,12,15H,2-3,5,10H2,1H3. The van der Waals surface area contributed by atoms with Crippen molar-refractivity contribution in [1.29, 1.82) is 0 Å². The number of hydrogen-bond donors (Lipinski definition) is 1. The van der Waals surface area contributed by atoms with E-state index in [0.717, 1.165) is 18.4 Å². The summed E-state index contributed by atoms with van der Waals surface area (Å²) in [7, 11) is 0. The number of unbranched alkanes of at least 4 members (excludes halogenated alkanes) is 2. The fourth-order valence-corrected chi connectivity index (χ4v) is 1.85. The third-order valence-electron chi connectivity index (χ3n) is 2.44. The van der Waals surface area contributed by atoms with Crippen LogP contribution < -0.4 is 0 Å². The summed E-state index contributed by atoms with van der Waals surface area (Å²) in [6.45, 7) is 2.16. The first-order valence-electron chi connectivity index (χ1n) is 5.53. The molecule has 0 saturated carbocycles. The third-order valence-corrected chi connectivity index (χ3v) is 2.93. The number of Topliss-reactive ketones (excluding diaryl/α,β-unsaturated/α-hetero) is 1. The predicted molar refractivity (Wildman–Crippen MR) is 67.7 cm³/mol. The summed E-state index contributed by atoms with van der Waals surface area (Å²) >= 11 is 4.36. The molecule has 0 fully saturated rings. The largest absolute Gasteiger partial charge is 0.293 e. The van der Waals surface area contributed by atoms with Crippen molar-refractivity contribution >= 4 is 18.4 Å². The lowest BCUT2D eigenvalue weighted by atomic mass is 10.0. The van der Waals surface area contributed by atoms with Gasteiger partial charge in [0.25, 0.3) is 0 Å². The summed E-state index contributed by atoms with van der Waals surface area (Å²) < 4.78 is 0. The van der Waals surface area contributed by atoms with Crippen LogP contribution in [0.4, 0.5) is 0 Å². The number of hydrogen-bond acceptors (Lipinski definition) is 2. The fourth-order valence-electron chi connectivity index (χ4n) is 1.51. The Morgan fingerprint density at radius 3 is 2.53 bits per heavy atom. The van der Waals surface area contributed by atoms with E-state index in [-0.39, 0.29) is 11.0 Å². The normalized spacial score (nSPS) is 12.4. The van der Waals surface area contributed by atoms with Crippen LogP contribution in [0.1, 0.15) is 43.0 Å². The first-order chi connectivity index (χ1) is 7.25. The molecule has 1 unspecified atom stereocenters. The number of thiol groups is 1. The Morgan fingerprint density at radius 2 is 1.93 bits per heavy atom. The Morgan fingerprint density at radius 1 is 1.27 bits per heavy atom. The minimum atomic E-state index is -0.140. The molecule has 15 heavy (non-hydrogen) atoms. The van der Waals surface area contributed by atoms with E-state index in [1.54, 1.807) is 0 Å². The minimum Gasteiger partial charge on any atom is -0.293 e. The molecule has 0 radical (unpaired) electrons. The topological polar surface area (TPSA) is 17.1 Å². The van der Waals surface area contributed by atoms with E-state index in [1.165, 1.54) is 12.8 Å². The van der Waals surface area contributed by atoms with E-state index in [2.05, 4.69) is 19.6 Å². The highest BCUT2D eigenvalue weighted by Crippen LogP contribution is 2.14. The second-order valence-electron chi connectivity index (χ2n) is 3.74. The lowest BCUT2D eigenvalue weighted by Crippen LogP contribution is -2.14. The molecule has 1 aromatic carbocycles. The van der Waals surface area contributed by atoms with Gasteiger partial charge in [0, 0.05) is 5.56 Å². The zero-order valence-corrected chi connectivity index (χ0v) is 10.0. The van der Waals surface area contributed by atoms with Gasteiger partial charge in [0.2, 0.25) is 0 Å². The van der Waals surface area contributed by atoms with E-state index < -0.39 is 0 Å². The molecule has 0 aromatic heterocycles. The van der Waals surface area contributed by atoms with Crippen molar-refractivity contribution in [2.45, 2.75) is 37.9 Å². The van der Waals surface area contributed by atoms with Crippen LogP contribution in [0.3, 0.4) is 0 Å². The summed E-state index contributed by atoms with van der Waals surface area (Å²) in [5, 5.41) is -0.140. The van der Waals surface area contributed by atoms with Crippen LogP contribution in [-0.4, -0.2) is 11.0 Å². The van der Waals surface area contributed by atoms with E-state index in [1.807, 2.05) is 30.3 Å². The van der Waals surface area contributed by atoms with Crippen LogP contribution in [0.25, 0.3) is 0 Å². The maximum absolute atomic E-state index is 11.9. The minimum absolute atomic E-state index is 0.140. The summed E-state index contributed by atoms with van der Waals surface area (Å²) in [5.74, 6) is 0.148. The van der Waals surface area contributed by atoms with Crippen molar-refractivity contribution in [2.75, 3.05) is 0 Å². The maximum atomic E-state index is 11.9.